The van der Waals surface area contributed by atoms with Crippen molar-refractivity contribution in [3.05, 3.63) is 58.8 Å². The van der Waals surface area contributed by atoms with Gasteiger partial charge in [-0.1, -0.05) is 12.1 Å². The molecule has 3 aromatic rings. The van der Waals surface area contributed by atoms with E-state index in [0.717, 1.165) is 13.1 Å². The molecule has 1 N–H and O–H groups in total. The Morgan fingerprint density at radius 2 is 2.12 bits per heavy atom. The summed E-state index contributed by atoms with van der Waals surface area (Å²) in [4.78, 5) is 26.5. The van der Waals surface area contributed by atoms with Crippen molar-refractivity contribution in [2.45, 2.75) is 25.7 Å². The lowest BCUT2D eigenvalue weighted by Gasteiger charge is -2.34. The molecule has 0 radical (unpaired) electrons. The van der Waals surface area contributed by atoms with Crippen LogP contribution in [0.25, 0.3) is 11.1 Å². The fourth-order valence-electron chi connectivity index (χ4n) is 3.34. The molecule has 0 aliphatic carbocycles. The molecule has 7 heteroatoms. The molecule has 130 valence electrons. The van der Waals surface area contributed by atoms with Crippen LogP contribution in [0.3, 0.4) is 0 Å². The molecule has 1 amide bonds. The van der Waals surface area contributed by atoms with E-state index in [2.05, 4.69) is 34.1 Å². The summed E-state index contributed by atoms with van der Waals surface area (Å²) in [5.74, 6) is -0.705. The number of carbonyl (C=O) groups excluding carboxylic acids is 1. The minimum absolute atomic E-state index is 0.0406. The maximum atomic E-state index is 12.3. The summed E-state index contributed by atoms with van der Waals surface area (Å²) in [6.45, 7) is 2.20. The van der Waals surface area contributed by atoms with Crippen molar-refractivity contribution in [1.82, 2.24) is 19.4 Å². The third-order valence-electron chi connectivity index (χ3n) is 4.78. The highest BCUT2D eigenvalue weighted by Crippen LogP contribution is 2.16. The summed E-state index contributed by atoms with van der Waals surface area (Å²) >= 11 is 0. The van der Waals surface area contributed by atoms with Crippen LogP contribution in [0.1, 0.15) is 5.69 Å². The number of aromatic nitrogens is 2. The first kappa shape index (κ1) is 15.7. The van der Waals surface area contributed by atoms with E-state index in [9.17, 15) is 9.59 Å². The van der Waals surface area contributed by atoms with Crippen LogP contribution in [-0.4, -0.2) is 39.6 Å². The maximum absolute atomic E-state index is 12.3. The lowest BCUT2D eigenvalue weighted by atomic mass is 10.2. The smallest absolute Gasteiger partial charge is 0.408 e. The molecule has 1 atom stereocenters. The van der Waals surface area contributed by atoms with E-state index >= 15 is 0 Å². The number of fused-ring (bicyclic) bond motifs is 2. The van der Waals surface area contributed by atoms with E-state index in [0.29, 0.717) is 17.6 Å². The Balaban J connectivity index is 1.41. The predicted molar refractivity (Wildman–Crippen MR) is 93.2 cm³/mol. The molecule has 2 aromatic heterocycles. The standard InChI is InChI=1S/C18H20N4O3/c1-20-10-13-5-4-8-21(13)11-14(20)9-19-17(23)12-22-15-6-2-3-7-16(15)25-18(22)24/h2-8,14H,9-12H2,1H3,(H,19,23). The van der Waals surface area contributed by atoms with Crippen molar-refractivity contribution in [3.8, 4) is 0 Å². The van der Waals surface area contributed by atoms with E-state index in [-0.39, 0.29) is 18.5 Å². The van der Waals surface area contributed by atoms with Crippen LogP contribution in [0.15, 0.2) is 51.8 Å². The van der Waals surface area contributed by atoms with E-state index in [1.807, 2.05) is 12.1 Å². The molecule has 1 aliphatic rings. The molecule has 1 aromatic carbocycles. The van der Waals surface area contributed by atoms with E-state index < -0.39 is 5.76 Å². The predicted octanol–water partition coefficient (Wildman–Crippen LogP) is 1.03. The Kier molecular flexibility index (Phi) is 3.93. The van der Waals surface area contributed by atoms with Gasteiger partial charge in [0, 0.05) is 37.6 Å². The number of likely N-dealkylation sites (N-methyl/N-ethyl adjacent to an activating group) is 1. The fraction of sp³-hybridized carbons (Fsp3) is 0.333. The number of hydrogen-bond donors (Lipinski definition) is 1. The molecule has 0 saturated heterocycles. The highest BCUT2D eigenvalue weighted by molar-refractivity contribution is 5.79. The molecule has 0 bridgehead atoms. The molecule has 1 aliphatic heterocycles. The van der Waals surface area contributed by atoms with Gasteiger partial charge in [0.2, 0.25) is 5.91 Å². The second-order valence-electron chi connectivity index (χ2n) is 6.45. The quantitative estimate of drug-likeness (QED) is 0.770. The van der Waals surface area contributed by atoms with Gasteiger partial charge >= 0.3 is 5.76 Å². The van der Waals surface area contributed by atoms with Gasteiger partial charge in [0.1, 0.15) is 6.54 Å². The molecule has 0 fully saturated rings. The molecular weight excluding hydrogens is 320 g/mol. The number of rotatable bonds is 4. The molecule has 3 heterocycles. The van der Waals surface area contributed by atoms with Crippen molar-refractivity contribution in [2.24, 2.45) is 0 Å². The van der Waals surface area contributed by atoms with E-state index in [4.69, 9.17) is 4.42 Å². The van der Waals surface area contributed by atoms with Gasteiger partial charge in [0.15, 0.2) is 5.58 Å². The normalized spacial score (nSPS) is 17.6. The SMILES string of the molecule is CN1Cc2cccn2CC1CNC(=O)Cn1c(=O)oc2ccccc21. The number of nitrogens with one attached hydrogen (secondary N) is 1. The van der Waals surface area contributed by atoms with Crippen LogP contribution >= 0.6 is 0 Å². The van der Waals surface area contributed by atoms with Crippen LogP contribution < -0.4 is 11.1 Å². The summed E-state index contributed by atoms with van der Waals surface area (Å²) in [5, 5.41) is 2.94. The van der Waals surface area contributed by atoms with Crippen molar-refractivity contribution in [2.75, 3.05) is 13.6 Å². The van der Waals surface area contributed by atoms with Gasteiger partial charge in [-0.15, -0.1) is 0 Å². The number of carbonyl (C=O) groups is 1. The molecule has 7 nitrogen and oxygen atoms in total. The van der Waals surface area contributed by atoms with Crippen LogP contribution in [0, 0.1) is 0 Å². The first-order valence-electron chi connectivity index (χ1n) is 8.31. The van der Waals surface area contributed by atoms with Crippen molar-refractivity contribution < 1.29 is 9.21 Å². The van der Waals surface area contributed by atoms with Crippen LogP contribution in [0.4, 0.5) is 0 Å². The zero-order valence-electron chi connectivity index (χ0n) is 14.0. The van der Waals surface area contributed by atoms with Crippen LogP contribution in [0.2, 0.25) is 0 Å². The summed E-state index contributed by atoms with van der Waals surface area (Å²) in [6, 6.07) is 11.5. The fourth-order valence-corrected chi connectivity index (χ4v) is 3.34. The Labute approximate surface area is 144 Å². The Morgan fingerprint density at radius 1 is 1.28 bits per heavy atom. The lowest BCUT2D eigenvalue weighted by Crippen LogP contribution is -2.47. The van der Waals surface area contributed by atoms with Crippen molar-refractivity contribution >= 4 is 17.0 Å². The largest absolute Gasteiger partial charge is 0.420 e. The van der Waals surface area contributed by atoms with Crippen LogP contribution in [-0.2, 0) is 24.4 Å². The number of nitrogens with zero attached hydrogens (tertiary/aromatic N) is 3. The molecular formula is C18H20N4O3. The molecule has 1 unspecified atom stereocenters. The lowest BCUT2D eigenvalue weighted by molar-refractivity contribution is -0.122. The summed E-state index contributed by atoms with van der Waals surface area (Å²) in [5.41, 5.74) is 2.41. The second-order valence-corrected chi connectivity index (χ2v) is 6.45. The zero-order valence-corrected chi connectivity index (χ0v) is 14.0. The average molecular weight is 340 g/mol. The van der Waals surface area contributed by atoms with Crippen molar-refractivity contribution in [3.63, 3.8) is 0 Å². The van der Waals surface area contributed by atoms with Gasteiger partial charge in [-0.25, -0.2) is 4.79 Å². The number of benzene rings is 1. The first-order valence-corrected chi connectivity index (χ1v) is 8.31. The second kappa shape index (κ2) is 6.25. The van der Waals surface area contributed by atoms with Gasteiger partial charge in [-0.05, 0) is 31.3 Å². The third-order valence-corrected chi connectivity index (χ3v) is 4.78. The summed E-state index contributed by atoms with van der Waals surface area (Å²) in [6.07, 6.45) is 2.06. The maximum Gasteiger partial charge on any atom is 0.420 e. The average Bonchev–Trinajstić information content (AvgIpc) is 3.17. The first-order chi connectivity index (χ1) is 12.1. The minimum atomic E-state index is -0.511. The number of oxazole rings is 1. The monoisotopic (exact) mass is 340 g/mol. The molecule has 0 spiro atoms. The topological polar surface area (TPSA) is 72.4 Å². The highest BCUT2D eigenvalue weighted by atomic mass is 16.4. The Morgan fingerprint density at radius 3 is 3.00 bits per heavy atom. The Hall–Kier alpha value is -2.80. The third kappa shape index (κ3) is 2.98. The minimum Gasteiger partial charge on any atom is -0.408 e. The van der Waals surface area contributed by atoms with Gasteiger partial charge in [0.05, 0.1) is 5.52 Å². The van der Waals surface area contributed by atoms with Gasteiger partial charge in [0.25, 0.3) is 0 Å². The molecule has 25 heavy (non-hydrogen) atoms. The van der Waals surface area contributed by atoms with E-state index in [1.165, 1.54) is 10.3 Å². The zero-order chi connectivity index (χ0) is 17.4. The van der Waals surface area contributed by atoms with Crippen molar-refractivity contribution in [1.29, 1.82) is 0 Å². The summed E-state index contributed by atoms with van der Waals surface area (Å²) in [7, 11) is 2.06. The number of para-hydroxylation sites is 2. The summed E-state index contributed by atoms with van der Waals surface area (Å²) < 4.78 is 8.73. The molecule has 4 rings (SSSR count). The van der Waals surface area contributed by atoms with E-state index in [1.54, 1.807) is 18.2 Å². The number of hydrogen-bond acceptors (Lipinski definition) is 4. The highest BCUT2D eigenvalue weighted by Gasteiger charge is 2.23. The van der Waals surface area contributed by atoms with Gasteiger partial charge in [-0.2, -0.15) is 0 Å². The number of amides is 1. The molecule has 0 saturated carbocycles. The van der Waals surface area contributed by atoms with Crippen LogP contribution in [0.5, 0.6) is 0 Å². The Bertz CT molecular complexity index is 968. The van der Waals surface area contributed by atoms with Gasteiger partial charge < -0.3 is 14.3 Å². The van der Waals surface area contributed by atoms with Gasteiger partial charge in [-0.3, -0.25) is 14.3 Å².